The number of hydrogen-bond acceptors (Lipinski definition) is 6. The van der Waals surface area contributed by atoms with Crippen molar-refractivity contribution in [2.75, 3.05) is 19.8 Å². The molecule has 9 nitrogen and oxygen atoms in total. The van der Waals surface area contributed by atoms with Crippen LogP contribution in [-0.4, -0.2) is 71.4 Å². The van der Waals surface area contributed by atoms with Gasteiger partial charge in [0.25, 0.3) is 0 Å². The zero-order valence-corrected chi connectivity index (χ0v) is 13.4. The summed E-state index contributed by atoms with van der Waals surface area (Å²) in [5.41, 5.74) is -1.65. The molecule has 0 aromatic carbocycles. The van der Waals surface area contributed by atoms with Crippen molar-refractivity contribution in [1.29, 1.82) is 0 Å². The molecule has 0 aromatic heterocycles. The van der Waals surface area contributed by atoms with Crippen molar-refractivity contribution >= 4 is 17.9 Å². The van der Waals surface area contributed by atoms with Gasteiger partial charge in [-0.3, -0.25) is 0 Å². The summed E-state index contributed by atoms with van der Waals surface area (Å²) in [4.78, 5) is 34.6. The van der Waals surface area contributed by atoms with Crippen LogP contribution in [0.25, 0.3) is 0 Å². The van der Waals surface area contributed by atoms with E-state index in [1.807, 2.05) is 0 Å². The largest absolute Gasteiger partial charge is 0.478 e. The van der Waals surface area contributed by atoms with E-state index in [-0.39, 0.29) is 30.7 Å². The summed E-state index contributed by atoms with van der Waals surface area (Å²) in [6.45, 7) is 1.61. The van der Waals surface area contributed by atoms with Crippen molar-refractivity contribution in [2.45, 2.75) is 37.6 Å². The van der Waals surface area contributed by atoms with Crippen molar-refractivity contribution < 1.29 is 43.9 Å². The van der Waals surface area contributed by atoms with Gasteiger partial charge in [0.15, 0.2) is 5.57 Å². The van der Waals surface area contributed by atoms with Gasteiger partial charge in [0.05, 0.1) is 43.7 Å². The Balaban J connectivity index is 1.96. The van der Waals surface area contributed by atoms with E-state index in [4.69, 9.17) is 14.2 Å². The van der Waals surface area contributed by atoms with Gasteiger partial charge in [0.2, 0.25) is 0 Å². The van der Waals surface area contributed by atoms with Crippen LogP contribution in [0.5, 0.6) is 0 Å². The summed E-state index contributed by atoms with van der Waals surface area (Å²) < 4.78 is 15.7. The highest BCUT2D eigenvalue weighted by molar-refractivity contribution is 6.17. The summed E-state index contributed by atoms with van der Waals surface area (Å²) in [7, 11) is 0. The third-order valence-electron chi connectivity index (χ3n) is 4.72. The number of carboxylic acid groups (broad SMARTS) is 3. The third-order valence-corrected chi connectivity index (χ3v) is 4.72. The molecule has 0 bridgehead atoms. The Kier molecular flexibility index (Phi) is 5.07. The van der Waals surface area contributed by atoms with Crippen molar-refractivity contribution in [3.63, 3.8) is 0 Å². The minimum Gasteiger partial charge on any atom is -0.478 e. The second kappa shape index (κ2) is 7.11. The van der Waals surface area contributed by atoms with Crippen molar-refractivity contribution in [3.05, 3.63) is 11.1 Å². The molecule has 0 aromatic rings. The number of rotatable bonds is 11. The molecule has 3 saturated heterocycles. The van der Waals surface area contributed by atoms with Gasteiger partial charge in [-0.15, -0.1) is 0 Å². The van der Waals surface area contributed by atoms with Gasteiger partial charge >= 0.3 is 17.9 Å². The molecule has 3 rings (SSSR count). The van der Waals surface area contributed by atoms with Gasteiger partial charge in [0.1, 0.15) is 0 Å². The third kappa shape index (κ3) is 4.77. The molecule has 0 saturated carbocycles. The molecular formula is C16H20O9. The van der Waals surface area contributed by atoms with Crippen LogP contribution in [0.3, 0.4) is 0 Å². The monoisotopic (exact) mass is 356 g/mol. The zero-order valence-electron chi connectivity index (χ0n) is 13.4. The fraction of sp³-hybridized carbons (Fsp3) is 0.688. The predicted molar refractivity (Wildman–Crippen MR) is 80.0 cm³/mol. The molecule has 0 amide bonds. The molecule has 4 unspecified atom stereocenters. The Hall–Kier alpha value is -1.97. The molecule has 0 spiro atoms. The maximum absolute atomic E-state index is 11.8. The molecule has 138 valence electrons. The van der Waals surface area contributed by atoms with Crippen molar-refractivity contribution in [3.8, 4) is 0 Å². The lowest BCUT2D eigenvalue weighted by molar-refractivity contribution is -0.142. The standard InChI is InChI=1S/C16H20O9/c17-14(18)12(13(15(19)20)16(21)22)11(3-10-6-25-10)7(1-8-4-23-8)2-9-5-24-9/h7-11H,1-6H2,(H,17,18)(H,19,20)(H,21,22). The molecule has 3 fully saturated rings. The van der Waals surface area contributed by atoms with Gasteiger partial charge in [-0.2, -0.15) is 0 Å². The highest BCUT2D eigenvalue weighted by Crippen LogP contribution is 2.40. The fourth-order valence-corrected chi connectivity index (χ4v) is 3.31. The molecule has 0 aliphatic carbocycles. The topological polar surface area (TPSA) is 149 Å². The van der Waals surface area contributed by atoms with E-state index in [0.29, 0.717) is 32.7 Å². The predicted octanol–water partition coefficient (Wildman–Crippen LogP) is 0.136. The van der Waals surface area contributed by atoms with E-state index in [9.17, 15) is 29.7 Å². The first-order chi connectivity index (χ1) is 11.9. The van der Waals surface area contributed by atoms with Crippen LogP contribution in [0.4, 0.5) is 0 Å². The van der Waals surface area contributed by atoms with Crippen LogP contribution in [0.15, 0.2) is 11.1 Å². The van der Waals surface area contributed by atoms with Gasteiger partial charge in [-0.05, 0) is 31.1 Å². The number of aliphatic carboxylic acids is 3. The average molecular weight is 356 g/mol. The lowest BCUT2D eigenvalue weighted by atomic mass is 9.76. The highest BCUT2D eigenvalue weighted by Gasteiger charge is 2.43. The quantitative estimate of drug-likeness (QED) is 0.203. The molecule has 3 aliphatic rings. The number of carboxylic acids is 3. The van der Waals surface area contributed by atoms with Crippen LogP contribution in [0.2, 0.25) is 0 Å². The van der Waals surface area contributed by atoms with E-state index < -0.39 is 35.0 Å². The summed E-state index contributed by atoms with van der Waals surface area (Å²) >= 11 is 0. The Morgan fingerprint density at radius 2 is 1.16 bits per heavy atom. The van der Waals surface area contributed by atoms with Crippen LogP contribution in [0, 0.1) is 11.8 Å². The highest BCUT2D eigenvalue weighted by atomic mass is 16.6. The van der Waals surface area contributed by atoms with E-state index in [2.05, 4.69) is 0 Å². The summed E-state index contributed by atoms with van der Waals surface area (Å²) in [5.74, 6) is -6.03. The van der Waals surface area contributed by atoms with Crippen molar-refractivity contribution in [2.24, 2.45) is 11.8 Å². The maximum Gasteiger partial charge on any atom is 0.343 e. The second-order valence-electron chi connectivity index (χ2n) is 6.64. The minimum absolute atomic E-state index is 0.000442. The first-order valence-corrected chi connectivity index (χ1v) is 8.15. The number of hydrogen-bond donors (Lipinski definition) is 3. The maximum atomic E-state index is 11.8. The molecule has 9 heteroatoms. The fourth-order valence-electron chi connectivity index (χ4n) is 3.31. The molecule has 4 atom stereocenters. The van der Waals surface area contributed by atoms with Crippen LogP contribution in [0.1, 0.15) is 19.3 Å². The first-order valence-electron chi connectivity index (χ1n) is 8.15. The SMILES string of the molecule is O=C(O)C(C(=O)O)=C(C(=O)O)C(CC1CO1)C(CC1CO1)CC1CO1. The van der Waals surface area contributed by atoms with E-state index >= 15 is 0 Å². The molecule has 3 N–H and O–H groups in total. The van der Waals surface area contributed by atoms with Gasteiger partial charge in [-0.1, -0.05) is 0 Å². The van der Waals surface area contributed by atoms with Gasteiger partial charge < -0.3 is 29.5 Å². The van der Waals surface area contributed by atoms with Crippen LogP contribution >= 0.6 is 0 Å². The first kappa shape index (κ1) is 17.8. The summed E-state index contributed by atoms with van der Waals surface area (Å²) in [6, 6.07) is 0. The Labute approximate surface area is 143 Å². The molecule has 0 radical (unpaired) electrons. The Morgan fingerprint density at radius 3 is 1.48 bits per heavy atom. The Bertz CT molecular complexity index is 569. The molecule has 25 heavy (non-hydrogen) atoms. The number of epoxide rings is 3. The summed E-state index contributed by atoms with van der Waals surface area (Å²) in [6.07, 6.45) is 1.18. The number of ether oxygens (including phenoxy) is 3. The Morgan fingerprint density at radius 1 is 0.760 bits per heavy atom. The zero-order chi connectivity index (χ0) is 18.1. The molecule has 3 aliphatic heterocycles. The lowest BCUT2D eigenvalue weighted by Crippen LogP contribution is -2.30. The van der Waals surface area contributed by atoms with E-state index in [1.54, 1.807) is 0 Å². The second-order valence-corrected chi connectivity index (χ2v) is 6.64. The average Bonchev–Trinajstić information content (AvgIpc) is 3.33. The minimum atomic E-state index is -1.75. The van der Waals surface area contributed by atoms with Crippen molar-refractivity contribution in [1.82, 2.24) is 0 Å². The summed E-state index contributed by atoms with van der Waals surface area (Å²) in [5, 5.41) is 28.1. The van der Waals surface area contributed by atoms with Gasteiger partial charge in [-0.25, -0.2) is 14.4 Å². The lowest BCUT2D eigenvalue weighted by Gasteiger charge is -2.27. The normalized spacial score (nSPS) is 28.6. The van der Waals surface area contributed by atoms with E-state index in [1.165, 1.54) is 0 Å². The van der Waals surface area contributed by atoms with Crippen LogP contribution < -0.4 is 0 Å². The smallest absolute Gasteiger partial charge is 0.343 e. The van der Waals surface area contributed by atoms with E-state index in [0.717, 1.165) is 0 Å². The molecule has 3 heterocycles. The van der Waals surface area contributed by atoms with Gasteiger partial charge in [0, 0.05) is 0 Å². The number of carbonyl (C=O) groups is 3. The van der Waals surface area contributed by atoms with Crippen LogP contribution in [-0.2, 0) is 28.6 Å². The molecular weight excluding hydrogens is 336 g/mol.